The maximum atomic E-state index is 12.5. The number of pyridine rings is 1. The Kier molecular flexibility index (Phi) is 5.73. The van der Waals surface area contributed by atoms with Crippen LogP contribution in [0.25, 0.3) is 0 Å². The minimum absolute atomic E-state index is 0.135. The Balaban J connectivity index is 1.70. The molecule has 0 aliphatic carbocycles. The molecule has 2 aromatic rings. The summed E-state index contributed by atoms with van der Waals surface area (Å²) in [4.78, 5) is 19.0. The second-order valence-electron chi connectivity index (χ2n) is 6.60. The van der Waals surface area contributed by atoms with Gasteiger partial charge in [0.15, 0.2) is 0 Å². The minimum Gasteiger partial charge on any atom is -0.496 e. The number of benzene rings is 1. The van der Waals surface area contributed by atoms with Gasteiger partial charge in [0.2, 0.25) is 0 Å². The molecular formula is C20H25N3O3. The molecule has 26 heavy (non-hydrogen) atoms. The van der Waals surface area contributed by atoms with Crippen molar-refractivity contribution in [2.45, 2.75) is 32.4 Å². The predicted octanol–water partition coefficient (Wildman–Crippen LogP) is 2.29. The van der Waals surface area contributed by atoms with Gasteiger partial charge in [0.1, 0.15) is 11.6 Å². The number of methoxy groups -OCH3 is 1. The first-order valence-corrected chi connectivity index (χ1v) is 8.88. The lowest BCUT2D eigenvalue weighted by Crippen LogP contribution is -2.39. The summed E-state index contributed by atoms with van der Waals surface area (Å²) in [6.07, 6.45) is 3.19. The van der Waals surface area contributed by atoms with Crippen LogP contribution in [0.5, 0.6) is 5.75 Å². The summed E-state index contributed by atoms with van der Waals surface area (Å²) >= 11 is 0. The lowest BCUT2D eigenvalue weighted by atomic mass is 10.1. The maximum Gasteiger partial charge on any atom is 0.251 e. The van der Waals surface area contributed by atoms with Gasteiger partial charge < -0.3 is 20.1 Å². The van der Waals surface area contributed by atoms with Gasteiger partial charge in [0.25, 0.3) is 5.91 Å². The van der Waals surface area contributed by atoms with Crippen molar-refractivity contribution in [3.8, 4) is 5.75 Å². The number of carbonyl (C=O) groups excluding carboxylic acids is 1. The molecule has 138 valence electrons. The first kappa shape index (κ1) is 18.2. The molecule has 6 heteroatoms. The number of hydrogen-bond donors (Lipinski definition) is 2. The van der Waals surface area contributed by atoms with Crippen LogP contribution < -0.4 is 15.0 Å². The number of ether oxygens (including phenoxy) is 1. The lowest BCUT2D eigenvalue weighted by molar-refractivity contribution is 0.0950. The van der Waals surface area contributed by atoms with Gasteiger partial charge >= 0.3 is 0 Å². The fraction of sp³-hybridized carbons (Fsp3) is 0.400. The first-order valence-electron chi connectivity index (χ1n) is 8.88. The fourth-order valence-electron chi connectivity index (χ4n) is 3.30. The number of aliphatic hydroxyl groups excluding tert-OH is 1. The third kappa shape index (κ3) is 4.14. The summed E-state index contributed by atoms with van der Waals surface area (Å²) in [6, 6.07) is 9.20. The molecule has 1 saturated heterocycles. The Morgan fingerprint density at radius 2 is 2.27 bits per heavy atom. The number of carbonyl (C=O) groups is 1. The lowest BCUT2D eigenvalue weighted by Gasteiger charge is -2.32. The van der Waals surface area contributed by atoms with Crippen LogP contribution in [0.1, 0.15) is 34.3 Å². The first-order chi connectivity index (χ1) is 12.6. The highest BCUT2D eigenvalue weighted by atomic mass is 16.5. The van der Waals surface area contributed by atoms with Gasteiger partial charge in [-0.1, -0.05) is 6.07 Å². The van der Waals surface area contributed by atoms with Crippen LogP contribution in [-0.4, -0.2) is 42.3 Å². The third-order valence-electron chi connectivity index (χ3n) is 4.66. The molecule has 0 saturated carbocycles. The van der Waals surface area contributed by atoms with Gasteiger partial charge in [-0.2, -0.15) is 0 Å². The van der Waals surface area contributed by atoms with E-state index >= 15 is 0 Å². The second-order valence-corrected chi connectivity index (χ2v) is 6.60. The van der Waals surface area contributed by atoms with Crippen molar-refractivity contribution in [3.05, 3.63) is 53.2 Å². The van der Waals surface area contributed by atoms with Gasteiger partial charge in [-0.05, 0) is 49.6 Å². The van der Waals surface area contributed by atoms with Crippen molar-refractivity contribution in [1.82, 2.24) is 10.3 Å². The number of rotatable bonds is 5. The molecule has 1 atom stereocenters. The molecule has 1 amide bonds. The third-order valence-corrected chi connectivity index (χ3v) is 4.66. The number of aliphatic hydroxyl groups is 1. The molecule has 1 fully saturated rings. The zero-order valence-corrected chi connectivity index (χ0v) is 15.2. The van der Waals surface area contributed by atoms with E-state index in [-0.39, 0.29) is 12.0 Å². The average Bonchev–Trinajstić information content (AvgIpc) is 2.66. The van der Waals surface area contributed by atoms with E-state index in [1.807, 2.05) is 25.1 Å². The summed E-state index contributed by atoms with van der Waals surface area (Å²) < 4.78 is 5.23. The number of nitrogens with zero attached hydrogens (tertiary/aromatic N) is 2. The van der Waals surface area contributed by atoms with E-state index in [0.717, 1.165) is 42.1 Å². The van der Waals surface area contributed by atoms with Gasteiger partial charge in [-0.15, -0.1) is 0 Å². The number of β-amino-alcohol motifs (C(OH)–C–C–N with tert-alkyl or cyclic N) is 1. The van der Waals surface area contributed by atoms with E-state index in [4.69, 9.17) is 4.74 Å². The summed E-state index contributed by atoms with van der Waals surface area (Å²) in [5, 5.41) is 12.9. The Morgan fingerprint density at radius 1 is 1.42 bits per heavy atom. The number of anilines is 1. The zero-order chi connectivity index (χ0) is 18.5. The summed E-state index contributed by atoms with van der Waals surface area (Å²) in [7, 11) is 1.61. The molecule has 0 unspecified atom stereocenters. The van der Waals surface area contributed by atoms with E-state index in [1.165, 1.54) is 0 Å². The normalized spacial score (nSPS) is 17.0. The van der Waals surface area contributed by atoms with Crippen molar-refractivity contribution < 1.29 is 14.6 Å². The molecule has 1 aliphatic heterocycles. The highest BCUT2D eigenvalue weighted by Crippen LogP contribution is 2.22. The van der Waals surface area contributed by atoms with Crippen molar-refractivity contribution in [2.24, 2.45) is 0 Å². The Morgan fingerprint density at radius 3 is 3.00 bits per heavy atom. The average molecular weight is 355 g/mol. The van der Waals surface area contributed by atoms with Crippen molar-refractivity contribution in [1.29, 1.82) is 0 Å². The largest absolute Gasteiger partial charge is 0.496 e. The van der Waals surface area contributed by atoms with Gasteiger partial charge in [0.05, 0.1) is 13.2 Å². The van der Waals surface area contributed by atoms with Gasteiger partial charge in [-0.25, -0.2) is 4.98 Å². The second kappa shape index (κ2) is 8.19. The SMILES string of the molecule is COc1ccc(C(=O)NCc2cccnc2N2CCC[C@@H](O)C2)cc1C. The molecule has 3 rings (SSSR count). The van der Waals surface area contributed by atoms with Crippen molar-refractivity contribution in [2.75, 3.05) is 25.1 Å². The molecule has 1 aromatic heterocycles. The van der Waals surface area contributed by atoms with E-state index in [0.29, 0.717) is 18.7 Å². The predicted molar refractivity (Wildman–Crippen MR) is 101 cm³/mol. The molecule has 0 bridgehead atoms. The summed E-state index contributed by atoms with van der Waals surface area (Å²) in [6.45, 7) is 3.75. The molecule has 1 aliphatic rings. The van der Waals surface area contributed by atoms with E-state index in [2.05, 4.69) is 15.2 Å². The van der Waals surface area contributed by atoms with Crippen LogP contribution >= 0.6 is 0 Å². The van der Waals surface area contributed by atoms with Crippen LogP contribution in [0.4, 0.5) is 5.82 Å². The van der Waals surface area contributed by atoms with Crippen molar-refractivity contribution in [3.63, 3.8) is 0 Å². The molecule has 2 N–H and O–H groups in total. The number of hydrogen-bond acceptors (Lipinski definition) is 5. The van der Waals surface area contributed by atoms with Crippen LogP contribution in [0, 0.1) is 6.92 Å². The highest BCUT2D eigenvalue weighted by Gasteiger charge is 2.21. The monoisotopic (exact) mass is 355 g/mol. The van der Waals surface area contributed by atoms with Crippen LogP contribution in [0.15, 0.2) is 36.5 Å². The van der Waals surface area contributed by atoms with E-state index in [9.17, 15) is 9.90 Å². The van der Waals surface area contributed by atoms with Crippen LogP contribution in [0.3, 0.4) is 0 Å². The zero-order valence-electron chi connectivity index (χ0n) is 15.2. The van der Waals surface area contributed by atoms with Crippen LogP contribution in [-0.2, 0) is 6.54 Å². The number of piperidine rings is 1. The summed E-state index contributed by atoms with van der Waals surface area (Å²) in [5.41, 5.74) is 2.46. The van der Waals surface area contributed by atoms with Crippen LogP contribution in [0.2, 0.25) is 0 Å². The number of amides is 1. The number of aromatic nitrogens is 1. The topological polar surface area (TPSA) is 74.7 Å². The van der Waals surface area contributed by atoms with Gasteiger partial charge in [0, 0.05) is 37.0 Å². The number of nitrogens with one attached hydrogen (secondary N) is 1. The van der Waals surface area contributed by atoms with E-state index < -0.39 is 0 Å². The smallest absolute Gasteiger partial charge is 0.251 e. The summed E-state index contributed by atoms with van der Waals surface area (Å²) in [5.74, 6) is 1.46. The molecule has 6 nitrogen and oxygen atoms in total. The standard InChI is InChI=1S/C20H25N3O3/c1-14-11-15(7-8-18(14)26-2)20(25)22-12-16-5-3-9-21-19(16)23-10-4-6-17(24)13-23/h3,5,7-9,11,17,24H,4,6,10,12-13H2,1-2H3,(H,22,25)/t17-/m1/s1. The van der Waals surface area contributed by atoms with E-state index in [1.54, 1.807) is 25.4 Å². The molecule has 1 aromatic carbocycles. The molecule has 0 radical (unpaired) electrons. The molecule has 0 spiro atoms. The Bertz CT molecular complexity index is 779. The van der Waals surface area contributed by atoms with Gasteiger partial charge in [-0.3, -0.25) is 4.79 Å². The highest BCUT2D eigenvalue weighted by molar-refractivity contribution is 5.94. The van der Waals surface area contributed by atoms with Crippen molar-refractivity contribution >= 4 is 11.7 Å². The minimum atomic E-state index is -0.324. The molecule has 2 heterocycles. The fourth-order valence-corrected chi connectivity index (χ4v) is 3.30. The Hall–Kier alpha value is -2.60. The number of aryl methyl sites for hydroxylation is 1. The maximum absolute atomic E-state index is 12.5. The molecular weight excluding hydrogens is 330 g/mol. The quantitative estimate of drug-likeness (QED) is 0.861. The Labute approximate surface area is 153 Å².